The van der Waals surface area contributed by atoms with Crippen LogP contribution in [0.1, 0.15) is 0 Å². The molecule has 0 bridgehead atoms. The predicted octanol–water partition coefficient (Wildman–Crippen LogP) is 6.23. The van der Waals surface area contributed by atoms with E-state index in [-0.39, 0.29) is 0 Å². The Morgan fingerprint density at radius 3 is 0.818 bits per heavy atom. The molecule has 0 heterocycles. The van der Waals surface area contributed by atoms with Crippen molar-refractivity contribution in [2.45, 2.75) is 54.2 Å². The van der Waals surface area contributed by atoms with Gasteiger partial charge in [-0.1, -0.05) is 0 Å². The Balaban J connectivity index is 7.69. The normalized spacial score (nSPS) is 16.4. The summed E-state index contributed by atoms with van der Waals surface area (Å²) in [5, 5.41) is 0. The molecule has 2 nitrogen and oxygen atoms in total. The van der Waals surface area contributed by atoms with Gasteiger partial charge in [-0.05, 0) is 0 Å². The zero-order valence-corrected chi connectivity index (χ0v) is 13.8. The quantitative estimate of drug-likeness (QED) is 0.204. The van der Waals surface area contributed by atoms with Crippen LogP contribution in [0.25, 0.3) is 0 Å². The number of carbonyl (C=O) groups excluding carboxylic acids is 1. The standard InChI is InChI=1S/C10F21NO/c11-1(33)2(12,13)3(14,15)8(26,27)32(9(28,29)4(16,17)6(20,21)22)10(30,31)5(18,19)7(23,24)25. The number of hydrogen-bond donors (Lipinski definition) is 0. The summed E-state index contributed by atoms with van der Waals surface area (Å²) in [6.07, 6.45) is -16.4. The van der Waals surface area contributed by atoms with Crippen LogP contribution in [0.5, 0.6) is 0 Å². The number of hydrogen-bond acceptors (Lipinski definition) is 2. The molecule has 0 saturated heterocycles. The summed E-state index contributed by atoms with van der Waals surface area (Å²) in [7, 11) is 0. The first-order chi connectivity index (χ1) is 13.8. The monoisotopic (exact) mass is 549 g/mol. The van der Waals surface area contributed by atoms with Crippen LogP contribution in [0.4, 0.5) is 92.2 Å². The molecule has 0 radical (unpaired) electrons. The van der Waals surface area contributed by atoms with Crippen LogP contribution in [-0.2, 0) is 4.79 Å². The second-order valence-electron chi connectivity index (χ2n) is 5.53. The first-order valence-corrected chi connectivity index (χ1v) is 6.59. The van der Waals surface area contributed by atoms with Crippen molar-refractivity contribution in [1.29, 1.82) is 0 Å². The summed E-state index contributed by atoms with van der Waals surface area (Å²) in [5.74, 6) is -34.0. The highest BCUT2D eigenvalue weighted by atomic mass is 19.4. The predicted molar refractivity (Wildman–Crippen MR) is 54.7 cm³/mol. The Morgan fingerprint density at radius 1 is 0.424 bits per heavy atom. The van der Waals surface area contributed by atoms with E-state index in [2.05, 4.69) is 0 Å². The minimum Gasteiger partial charge on any atom is -0.254 e. The molecule has 0 amide bonds. The molecule has 0 atom stereocenters. The Bertz CT molecular complexity index is 705. The van der Waals surface area contributed by atoms with Crippen LogP contribution in [-0.4, -0.2) is 65.1 Å². The van der Waals surface area contributed by atoms with Crippen molar-refractivity contribution in [3.8, 4) is 0 Å². The van der Waals surface area contributed by atoms with E-state index >= 15 is 0 Å². The van der Waals surface area contributed by atoms with E-state index in [9.17, 15) is 97.0 Å². The molecule has 0 aliphatic rings. The van der Waals surface area contributed by atoms with Gasteiger partial charge in [0.2, 0.25) is 0 Å². The third-order valence-electron chi connectivity index (χ3n) is 3.33. The highest BCUT2D eigenvalue weighted by Gasteiger charge is 2.92. The van der Waals surface area contributed by atoms with Crippen LogP contribution in [0, 0.1) is 0 Å². The SMILES string of the molecule is O=C(F)C(F)(F)C(F)(F)C(F)(F)N(C(F)(F)C(F)(F)C(F)(F)F)C(F)(F)C(F)(F)C(F)(F)F. The molecule has 0 aliphatic carbocycles. The lowest BCUT2D eigenvalue weighted by molar-refractivity contribution is -0.515. The van der Waals surface area contributed by atoms with E-state index in [0.29, 0.717) is 0 Å². The lowest BCUT2D eigenvalue weighted by Crippen LogP contribution is -2.79. The smallest absolute Gasteiger partial charge is 0.254 e. The molecule has 0 spiro atoms. The van der Waals surface area contributed by atoms with Crippen LogP contribution in [0.15, 0.2) is 0 Å². The molecule has 0 N–H and O–H groups in total. The molecular weight excluding hydrogens is 549 g/mol. The lowest BCUT2D eigenvalue weighted by atomic mass is 10.0. The lowest BCUT2D eigenvalue weighted by Gasteiger charge is -2.47. The summed E-state index contributed by atoms with van der Waals surface area (Å²) in [4.78, 5) is 4.20. The maximum atomic E-state index is 13.6. The highest BCUT2D eigenvalue weighted by molar-refractivity contribution is 5.77. The van der Waals surface area contributed by atoms with Crippen molar-refractivity contribution in [3.05, 3.63) is 0 Å². The first kappa shape index (κ1) is 31.2. The summed E-state index contributed by atoms with van der Waals surface area (Å²) in [6, 6.07) is -32.3. The summed E-state index contributed by atoms with van der Waals surface area (Å²) < 4.78 is 268. The van der Waals surface area contributed by atoms with E-state index in [1.807, 2.05) is 0 Å². The van der Waals surface area contributed by atoms with Gasteiger partial charge in [0, 0.05) is 0 Å². The van der Waals surface area contributed by atoms with E-state index in [1.165, 1.54) is 0 Å². The minimum absolute atomic E-state index is 5.12. The van der Waals surface area contributed by atoms with E-state index in [1.54, 1.807) is 0 Å². The minimum atomic E-state index is -9.07. The van der Waals surface area contributed by atoms with Gasteiger partial charge >= 0.3 is 60.2 Å². The first-order valence-electron chi connectivity index (χ1n) is 6.59. The van der Waals surface area contributed by atoms with E-state index in [0.717, 1.165) is 0 Å². The Labute approximate surface area is 163 Å². The van der Waals surface area contributed by atoms with Gasteiger partial charge in [0.25, 0.3) is 0 Å². The molecule has 33 heavy (non-hydrogen) atoms. The van der Waals surface area contributed by atoms with Gasteiger partial charge in [-0.2, -0.15) is 92.2 Å². The van der Waals surface area contributed by atoms with Crippen molar-refractivity contribution in [2.75, 3.05) is 0 Å². The number of alkyl halides is 20. The molecule has 0 aromatic rings. The molecule has 0 rings (SSSR count). The van der Waals surface area contributed by atoms with Gasteiger partial charge < -0.3 is 0 Å². The third kappa shape index (κ3) is 4.12. The number of rotatable bonds is 8. The largest absolute Gasteiger partial charge is 0.461 e. The molecule has 0 fully saturated rings. The van der Waals surface area contributed by atoms with E-state index in [4.69, 9.17) is 0 Å². The second-order valence-corrected chi connectivity index (χ2v) is 5.53. The molecule has 23 heteroatoms. The molecule has 0 saturated carbocycles. The average molecular weight is 549 g/mol. The number of halogens is 21. The Hall–Kier alpha value is -1.84. The fourth-order valence-electron chi connectivity index (χ4n) is 1.60. The number of nitrogens with zero attached hydrogens (tertiary/aromatic N) is 1. The zero-order chi connectivity index (χ0) is 27.7. The Morgan fingerprint density at radius 2 is 0.636 bits per heavy atom. The average Bonchev–Trinajstić information content (AvgIpc) is 2.50. The van der Waals surface area contributed by atoms with Gasteiger partial charge in [-0.3, -0.25) is 4.79 Å². The van der Waals surface area contributed by atoms with Crippen LogP contribution >= 0.6 is 0 Å². The van der Waals surface area contributed by atoms with Crippen molar-refractivity contribution in [3.63, 3.8) is 0 Å². The van der Waals surface area contributed by atoms with Crippen LogP contribution in [0.2, 0.25) is 0 Å². The molecular formula is C10F21NO. The molecule has 198 valence electrons. The van der Waals surface area contributed by atoms with Crippen molar-refractivity contribution in [2.24, 2.45) is 0 Å². The van der Waals surface area contributed by atoms with Crippen molar-refractivity contribution < 1.29 is 97.0 Å². The molecule has 0 aliphatic heterocycles. The maximum absolute atomic E-state index is 13.6. The fourth-order valence-corrected chi connectivity index (χ4v) is 1.60. The highest BCUT2D eigenvalue weighted by Crippen LogP contribution is 2.62. The van der Waals surface area contributed by atoms with Crippen LogP contribution < -0.4 is 0 Å². The van der Waals surface area contributed by atoms with Crippen LogP contribution in [0.3, 0.4) is 0 Å². The fraction of sp³-hybridized carbons (Fsp3) is 0.900. The summed E-state index contributed by atoms with van der Waals surface area (Å²) in [5.41, 5.74) is 0. The maximum Gasteiger partial charge on any atom is 0.461 e. The van der Waals surface area contributed by atoms with Gasteiger partial charge in [0.1, 0.15) is 0 Å². The van der Waals surface area contributed by atoms with Crippen molar-refractivity contribution >= 4 is 6.04 Å². The molecule has 0 aromatic carbocycles. The number of carbonyl (C=O) groups is 1. The Kier molecular flexibility index (Phi) is 7.16. The molecule has 0 aromatic heterocycles. The van der Waals surface area contributed by atoms with Gasteiger partial charge in [-0.15, -0.1) is 4.90 Å². The second kappa shape index (κ2) is 7.58. The van der Waals surface area contributed by atoms with E-state index < -0.39 is 65.1 Å². The van der Waals surface area contributed by atoms with Gasteiger partial charge in [0.15, 0.2) is 0 Å². The molecule has 0 unspecified atom stereocenters. The summed E-state index contributed by atoms with van der Waals surface area (Å²) in [6.45, 7) is 0. The van der Waals surface area contributed by atoms with Crippen molar-refractivity contribution in [1.82, 2.24) is 4.90 Å². The zero-order valence-electron chi connectivity index (χ0n) is 13.8. The third-order valence-corrected chi connectivity index (χ3v) is 3.33. The van der Waals surface area contributed by atoms with Gasteiger partial charge in [-0.25, -0.2) is 0 Å². The van der Waals surface area contributed by atoms with Gasteiger partial charge in [0.05, 0.1) is 0 Å². The topological polar surface area (TPSA) is 20.3 Å². The summed E-state index contributed by atoms with van der Waals surface area (Å²) >= 11 is 0.